The first-order valence-electron chi connectivity index (χ1n) is 11.7. The first-order chi connectivity index (χ1) is 17.8. The van der Waals surface area contributed by atoms with Crippen molar-refractivity contribution in [3.8, 4) is 17.2 Å². The third-order valence-corrected chi connectivity index (χ3v) is 6.97. The van der Waals surface area contributed by atoms with Gasteiger partial charge in [0.05, 0.1) is 42.7 Å². The van der Waals surface area contributed by atoms with Crippen LogP contribution in [0, 0.1) is 0 Å². The molecule has 0 saturated carbocycles. The van der Waals surface area contributed by atoms with Crippen molar-refractivity contribution >= 4 is 23.4 Å². The average Bonchev–Trinajstić information content (AvgIpc) is 3.19. The number of hydrogen-bond donors (Lipinski definition) is 1. The number of fused-ring (bicyclic) bond motifs is 1. The van der Waals surface area contributed by atoms with E-state index >= 15 is 0 Å². The van der Waals surface area contributed by atoms with Crippen molar-refractivity contribution in [1.82, 2.24) is 4.57 Å². The Hall–Kier alpha value is -4.11. The molecule has 1 aromatic heterocycles. The quantitative estimate of drug-likeness (QED) is 0.362. The Morgan fingerprint density at radius 2 is 2.03 bits per heavy atom. The number of carbonyl (C=O) groups excluding carboxylic acids is 1. The smallest absolute Gasteiger partial charge is 0.338 e. The van der Waals surface area contributed by atoms with E-state index in [1.54, 1.807) is 57.4 Å². The molecule has 0 fully saturated rings. The molecule has 37 heavy (non-hydrogen) atoms. The van der Waals surface area contributed by atoms with Crippen molar-refractivity contribution in [2.75, 3.05) is 20.8 Å². The van der Waals surface area contributed by atoms with E-state index in [9.17, 15) is 14.7 Å². The van der Waals surface area contributed by atoms with Crippen LogP contribution in [0.1, 0.15) is 36.6 Å². The number of ether oxygens (including phenoxy) is 3. The van der Waals surface area contributed by atoms with Crippen LogP contribution in [0.5, 0.6) is 17.2 Å². The van der Waals surface area contributed by atoms with Gasteiger partial charge in [0.25, 0.3) is 5.56 Å². The molecule has 1 N–H and O–H groups in total. The highest BCUT2D eigenvalue weighted by Crippen LogP contribution is 2.33. The highest BCUT2D eigenvalue weighted by Gasteiger charge is 2.33. The number of nitrogens with zero attached hydrogens (tertiary/aromatic N) is 2. The molecular weight excluding hydrogens is 492 g/mol. The van der Waals surface area contributed by atoms with Crippen LogP contribution < -0.4 is 24.4 Å². The second kappa shape index (κ2) is 10.9. The fourth-order valence-electron chi connectivity index (χ4n) is 4.31. The maximum atomic E-state index is 13.8. The molecule has 0 aliphatic carbocycles. The molecule has 0 saturated heterocycles. The summed E-state index contributed by atoms with van der Waals surface area (Å²) in [5, 5.41) is 10.4. The predicted molar refractivity (Wildman–Crippen MR) is 142 cm³/mol. The van der Waals surface area contributed by atoms with Crippen LogP contribution in [0.3, 0.4) is 0 Å². The summed E-state index contributed by atoms with van der Waals surface area (Å²) in [4.78, 5) is 31.9. The lowest BCUT2D eigenvalue weighted by Gasteiger charge is -2.25. The van der Waals surface area contributed by atoms with Crippen LogP contribution in [0.2, 0.25) is 0 Å². The normalized spacial score (nSPS) is 15.1. The lowest BCUT2D eigenvalue weighted by atomic mass is 9.95. The van der Waals surface area contributed by atoms with E-state index in [2.05, 4.69) is 11.6 Å². The van der Waals surface area contributed by atoms with Crippen molar-refractivity contribution in [2.45, 2.75) is 26.3 Å². The van der Waals surface area contributed by atoms with Crippen molar-refractivity contribution in [2.24, 2.45) is 4.99 Å². The number of carbonyl (C=O) groups is 1. The summed E-state index contributed by atoms with van der Waals surface area (Å²) in [5.41, 5.74) is 2.48. The summed E-state index contributed by atoms with van der Waals surface area (Å²) in [6.45, 7) is 7.40. The highest BCUT2D eigenvalue weighted by atomic mass is 32.1. The summed E-state index contributed by atoms with van der Waals surface area (Å²) >= 11 is 1.22. The van der Waals surface area contributed by atoms with Gasteiger partial charge in [0, 0.05) is 5.56 Å². The maximum absolute atomic E-state index is 13.8. The summed E-state index contributed by atoms with van der Waals surface area (Å²) in [5.74, 6) is 0.411. The lowest BCUT2D eigenvalue weighted by Crippen LogP contribution is -2.39. The molecule has 192 valence electrons. The van der Waals surface area contributed by atoms with Crippen molar-refractivity contribution in [1.29, 1.82) is 0 Å². The van der Waals surface area contributed by atoms with Crippen molar-refractivity contribution < 1.29 is 24.1 Å². The number of thiazole rings is 1. The third-order valence-electron chi connectivity index (χ3n) is 5.98. The molecule has 0 bridgehead atoms. The number of methoxy groups -OCH3 is 2. The zero-order chi connectivity index (χ0) is 26.7. The van der Waals surface area contributed by atoms with Crippen molar-refractivity contribution in [3.63, 3.8) is 0 Å². The largest absolute Gasteiger partial charge is 0.504 e. The predicted octanol–water partition coefficient (Wildman–Crippen LogP) is 3.25. The number of aromatic hydroxyl groups is 1. The summed E-state index contributed by atoms with van der Waals surface area (Å²) < 4.78 is 18.0. The van der Waals surface area contributed by atoms with Gasteiger partial charge in [0.1, 0.15) is 5.75 Å². The Morgan fingerprint density at radius 3 is 2.70 bits per heavy atom. The number of allylic oxidation sites excluding steroid dienone is 2. The Bertz CT molecular complexity index is 1580. The lowest BCUT2D eigenvalue weighted by molar-refractivity contribution is -0.139. The van der Waals surface area contributed by atoms with Gasteiger partial charge in [-0.05, 0) is 61.7 Å². The first-order valence-corrected chi connectivity index (χ1v) is 12.5. The number of rotatable bonds is 8. The monoisotopic (exact) mass is 520 g/mol. The molecule has 0 radical (unpaired) electrons. The molecule has 8 nitrogen and oxygen atoms in total. The second-order valence-corrected chi connectivity index (χ2v) is 9.31. The van der Waals surface area contributed by atoms with E-state index in [1.165, 1.54) is 23.0 Å². The zero-order valence-corrected chi connectivity index (χ0v) is 21.9. The Balaban J connectivity index is 1.96. The van der Waals surface area contributed by atoms with Crippen LogP contribution in [0.25, 0.3) is 6.08 Å². The molecule has 2 aromatic carbocycles. The van der Waals surface area contributed by atoms with Gasteiger partial charge >= 0.3 is 5.97 Å². The summed E-state index contributed by atoms with van der Waals surface area (Å²) in [6, 6.07) is 9.96. The molecule has 9 heteroatoms. The average molecular weight is 521 g/mol. The molecule has 4 rings (SSSR count). The minimum absolute atomic E-state index is 0.0359. The Kier molecular flexibility index (Phi) is 7.63. The number of phenolic OH excluding ortho intramolecular Hbond substituents is 1. The van der Waals surface area contributed by atoms with E-state index in [0.717, 1.165) is 0 Å². The van der Waals surface area contributed by atoms with Gasteiger partial charge in [0.15, 0.2) is 16.3 Å². The van der Waals surface area contributed by atoms with Gasteiger partial charge in [0.2, 0.25) is 0 Å². The Morgan fingerprint density at radius 1 is 1.24 bits per heavy atom. The number of esters is 1. The molecule has 0 unspecified atom stereocenters. The fraction of sp³-hybridized carbons (Fsp3) is 0.250. The van der Waals surface area contributed by atoms with Crippen LogP contribution in [0.4, 0.5) is 0 Å². The molecule has 0 amide bonds. The van der Waals surface area contributed by atoms with E-state index < -0.39 is 12.0 Å². The first kappa shape index (κ1) is 26.0. The summed E-state index contributed by atoms with van der Waals surface area (Å²) in [6.07, 6.45) is 3.84. The van der Waals surface area contributed by atoms with Gasteiger partial charge in [-0.3, -0.25) is 9.36 Å². The molecule has 1 aliphatic heterocycles. The third kappa shape index (κ3) is 4.95. The molecule has 1 atom stereocenters. The summed E-state index contributed by atoms with van der Waals surface area (Å²) in [7, 11) is 3.03. The van der Waals surface area contributed by atoms with Crippen molar-refractivity contribution in [3.05, 3.63) is 96.7 Å². The maximum Gasteiger partial charge on any atom is 0.338 e. The van der Waals surface area contributed by atoms with Gasteiger partial charge in [-0.1, -0.05) is 29.5 Å². The minimum Gasteiger partial charge on any atom is -0.504 e. The van der Waals surface area contributed by atoms with Crippen LogP contribution in [0.15, 0.2) is 70.1 Å². The zero-order valence-electron chi connectivity index (χ0n) is 21.1. The SMILES string of the molecule is C=CCc1cc(/C=c2/sc3n(c2=O)[C@H](c2cccc(OC)c2)C(C(=O)OCC)=C(C)N=3)cc(OC)c1O. The van der Waals surface area contributed by atoms with Gasteiger partial charge in [-0.15, -0.1) is 6.58 Å². The fourth-order valence-corrected chi connectivity index (χ4v) is 5.36. The topological polar surface area (TPSA) is 99.4 Å². The van der Waals surface area contributed by atoms with Crippen LogP contribution in [-0.2, 0) is 16.0 Å². The van der Waals surface area contributed by atoms with E-state index in [1.807, 2.05) is 12.1 Å². The molecule has 1 aliphatic rings. The van der Waals surface area contributed by atoms with E-state index in [4.69, 9.17) is 14.2 Å². The number of aromatic nitrogens is 1. The molecule has 2 heterocycles. The molecule has 0 spiro atoms. The van der Waals surface area contributed by atoms with Gasteiger partial charge in [-0.25, -0.2) is 9.79 Å². The number of benzene rings is 2. The van der Waals surface area contributed by atoms with E-state index in [0.29, 0.717) is 55.2 Å². The van der Waals surface area contributed by atoms with E-state index in [-0.39, 0.29) is 17.9 Å². The highest BCUT2D eigenvalue weighted by molar-refractivity contribution is 7.07. The van der Waals surface area contributed by atoms with Gasteiger partial charge in [-0.2, -0.15) is 0 Å². The Labute approximate surface area is 218 Å². The molecular formula is C28H28N2O6S. The minimum atomic E-state index is -0.738. The number of phenols is 1. The standard InChI is InChI=1S/C28H28N2O6S/c1-6-9-19-12-17(13-21(35-5)25(19)31)14-22-26(32)30-24(18-10-8-11-20(15-18)34-4)23(27(33)36-7-2)16(3)29-28(30)37-22/h6,8,10-15,24,31H,1,7,9H2,2-5H3/b22-14+/t24-/m1/s1. The second-order valence-electron chi connectivity index (χ2n) is 8.30. The van der Waals surface area contributed by atoms with Gasteiger partial charge < -0.3 is 19.3 Å². The van der Waals surface area contributed by atoms with Crippen LogP contribution >= 0.6 is 11.3 Å². The van der Waals surface area contributed by atoms with Crippen LogP contribution in [-0.4, -0.2) is 36.5 Å². The number of hydrogen-bond acceptors (Lipinski definition) is 8. The molecule has 3 aromatic rings.